The average Bonchev–Trinajstić information content (AvgIpc) is 2.77. The van der Waals surface area contributed by atoms with E-state index in [4.69, 9.17) is 0 Å². The number of nitrogens with one attached hydrogen (secondary N) is 2. The van der Waals surface area contributed by atoms with Crippen molar-refractivity contribution in [1.82, 2.24) is 10.2 Å². The number of amides is 3. The highest BCUT2D eigenvalue weighted by Gasteiger charge is 2.16. The van der Waals surface area contributed by atoms with Crippen molar-refractivity contribution in [2.75, 3.05) is 42.2 Å². The molecule has 30 heavy (non-hydrogen) atoms. The molecular formula is C22H26FN3O2S2. The minimum atomic E-state index is -0.253. The monoisotopic (exact) mass is 447 g/mol. The van der Waals surface area contributed by atoms with E-state index in [9.17, 15) is 14.0 Å². The van der Waals surface area contributed by atoms with Crippen LogP contribution in [-0.2, 0) is 11.2 Å². The van der Waals surface area contributed by atoms with Gasteiger partial charge in [-0.3, -0.25) is 4.79 Å². The molecule has 3 amide bonds. The second kappa shape index (κ2) is 11.9. The van der Waals surface area contributed by atoms with Crippen molar-refractivity contribution in [2.45, 2.75) is 17.7 Å². The molecule has 0 aliphatic carbocycles. The zero-order valence-corrected chi connectivity index (χ0v) is 18.4. The molecule has 1 saturated heterocycles. The van der Waals surface area contributed by atoms with Gasteiger partial charge in [-0.25, -0.2) is 9.18 Å². The molecule has 1 heterocycles. The molecule has 2 aromatic rings. The Balaban J connectivity index is 1.32. The number of halogens is 1. The van der Waals surface area contributed by atoms with Gasteiger partial charge in [0.05, 0.1) is 6.42 Å². The lowest BCUT2D eigenvalue weighted by molar-refractivity contribution is -0.130. The van der Waals surface area contributed by atoms with Crippen molar-refractivity contribution >= 4 is 41.1 Å². The Morgan fingerprint density at radius 1 is 1.03 bits per heavy atom. The van der Waals surface area contributed by atoms with Gasteiger partial charge in [-0.1, -0.05) is 12.1 Å². The first-order valence-electron chi connectivity index (χ1n) is 9.98. The van der Waals surface area contributed by atoms with E-state index in [0.717, 1.165) is 47.2 Å². The van der Waals surface area contributed by atoms with Crippen molar-refractivity contribution in [3.63, 3.8) is 0 Å². The maximum absolute atomic E-state index is 12.9. The molecule has 2 aromatic carbocycles. The van der Waals surface area contributed by atoms with Gasteiger partial charge in [-0.15, -0.1) is 11.8 Å². The van der Waals surface area contributed by atoms with Gasteiger partial charge >= 0.3 is 6.03 Å². The van der Waals surface area contributed by atoms with Crippen LogP contribution in [0.3, 0.4) is 0 Å². The standard InChI is InChI=1S/C22H26FN3O2S2/c23-18-4-8-20(9-5-18)30-13-1-10-24-22(28)25-19-6-2-17(3-7-19)16-21(27)26-11-14-29-15-12-26/h2-9H,1,10-16H2,(H2,24,25,28). The van der Waals surface area contributed by atoms with Crippen LogP contribution in [0.15, 0.2) is 53.4 Å². The van der Waals surface area contributed by atoms with E-state index in [1.54, 1.807) is 23.9 Å². The van der Waals surface area contributed by atoms with Crippen molar-refractivity contribution in [3.05, 3.63) is 59.9 Å². The Kier molecular flexibility index (Phi) is 8.89. The van der Waals surface area contributed by atoms with Gasteiger partial charge in [0.1, 0.15) is 5.82 Å². The molecule has 0 radical (unpaired) electrons. The Hall–Kier alpha value is -2.19. The highest BCUT2D eigenvalue weighted by molar-refractivity contribution is 7.99. The van der Waals surface area contributed by atoms with Gasteiger partial charge in [0.15, 0.2) is 0 Å². The SMILES string of the molecule is O=C(NCCCSc1ccc(F)cc1)Nc1ccc(CC(=O)N2CCSCC2)cc1. The van der Waals surface area contributed by atoms with Crippen LogP contribution in [0.2, 0.25) is 0 Å². The molecule has 1 aliphatic heterocycles. The number of hydrogen-bond donors (Lipinski definition) is 2. The Morgan fingerprint density at radius 2 is 1.73 bits per heavy atom. The zero-order valence-electron chi connectivity index (χ0n) is 16.7. The number of carbonyl (C=O) groups excluding carboxylic acids is 2. The zero-order chi connectivity index (χ0) is 21.2. The van der Waals surface area contributed by atoms with Crippen molar-refractivity contribution < 1.29 is 14.0 Å². The van der Waals surface area contributed by atoms with E-state index in [-0.39, 0.29) is 17.8 Å². The summed E-state index contributed by atoms with van der Waals surface area (Å²) in [5.74, 6) is 2.78. The fraction of sp³-hybridized carbons (Fsp3) is 0.364. The summed E-state index contributed by atoms with van der Waals surface area (Å²) < 4.78 is 12.9. The summed E-state index contributed by atoms with van der Waals surface area (Å²) in [6.45, 7) is 2.21. The average molecular weight is 448 g/mol. The Bertz CT molecular complexity index is 825. The van der Waals surface area contributed by atoms with Gasteiger partial charge in [-0.2, -0.15) is 11.8 Å². The third-order valence-electron chi connectivity index (χ3n) is 4.62. The summed E-state index contributed by atoms with van der Waals surface area (Å²) in [4.78, 5) is 27.3. The van der Waals surface area contributed by atoms with Crippen molar-refractivity contribution in [2.24, 2.45) is 0 Å². The molecule has 1 fully saturated rings. The first-order chi connectivity index (χ1) is 14.6. The van der Waals surface area contributed by atoms with Crippen LogP contribution in [0, 0.1) is 5.82 Å². The van der Waals surface area contributed by atoms with Crippen LogP contribution in [0.5, 0.6) is 0 Å². The number of hydrogen-bond acceptors (Lipinski definition) is 4. The third-order valence-corrected chi connectivity index (χ3v) is 6.66. The van der Waals surface area contributed by atoms with Crippen LogP contribution < -0.4 is 10.6 Å². The Morgan fingerprint density at radius 3 is 2.43 bits per heavy atom. The minimum Gasteiger partial charge on any atom is -0.341 e. The smallest absolute Gasteiger partial charge is 0.319 e. The molecule has 0 unspecified atom stereocenters. The summed E-state index contributed by atoms with van der Waals surface area (Å²) in [7, 11) is 0. The van der Waals surface area contributed by atoms with Gasteiger partial charge in [0.25, 0.3) is 0 Å². The highest BCUT2D eigenvalue weighted by Crippen LogP contribution is 2.18. The lowest BCUT2D eigenvalue weighted by atomic mass is 10.1. The van der Waals surface area contributed by atoms with Crippen LogP contribution in [-0.4, -0.2) is 53.7 Å². The predicted molar refractivity (Wildman–Crippen MR) is 123 cm³/mol. The number of carbonyl (C=O) groups is 2. The summed E-state index contributed by atoms with van der Waals surface area (Å²) in [6.07, 6.45) is 1.20. The van der Waals surface area contributed by atoms with Gasteiger partial charge in [0, 0.05) is 41.7 Å². The fourth-order valence-electron chi connectivity index (χ4n) is 2.98. The number of rotatable bonds is 8. The highest BCUT2D eigenvalue weighted by atomic mass is 32.2. The molecule has 8 heteroatoms. The van der Waals surface area contributed by atoms with E-state index in [0.29, 0.717) is 18.7 Å². The lowest BCUT2D eigenvalue weighted by Gasteiger charge is -2.26. The molecule has 0 atom stereocenters. The topological polar surface area (TPSA) is 61.4 Å². The van der Waals surface area contributed by atoms with Gasteiger partial charge < -0.3 is 15.5 Å². The molecule has 0 saturated carbocycles. The van der Waals surface area contributed by atoms with Gasteiger partial charge in [-0.05, 0) is 54.1 Å². The number of anilines is 1. The summed E-state index contributed by atoms with van der Waals surface area (Å²) in [5.41, 5.74) is 1.64. The molecule has 5 nitrogen and oxygen atoms in total. The van der Waals surface area contributed by atoms with E-state index in [1.807, 2.05) is 40.9 Å². The maximum atomic E-state index is 12.9. The quantitative estimate of drug-likeness (QED) is 0.469. The van der Waals surface area contributed by atoms with Crippen LogP contribution in [0.25, 0.3) is 0 Å². The first kappa shape index (κ1) is 22.5. The van der Waals surface area contributed by atoms with Crippen LogP contribution in [0.4, 0.5) is 14.9 Å². The second-order valence-electron chi connectivity index (χ2n) is 6.90. The van der Waals surface area contributed by atoms with Gasteiger partial charge in [0.2, 0.25) is 5.91 Å². The molecular weight excluding hydrogens is 421 g/mol. The molecule has 160 valence electrons. The number of urea groups is 1. The van der Waals surface area contributed by atoms with E-state index < -0.39 is 0 Å². The summed E-state index contributed by atoms with van der Waals surface area (Å²) >= 11 is 3.51. The molecule has 0 spiro atoms. The largest absolute Gasteiger partial charge is 0.341 e. The normalized spacial score (nSPS) is 13.7. The second-order valence-corrected chi connectivity index (χ2v) is 9.30. The van der Waals surface area contributed by atoms with Crippen LogP contribution in [0.1, 0.15) is 12.0 Å². The van der Waals surface area contributed by atoms with E-state index in [2.05, 4.69) is 10.6 Å². The summed E-state index contributed by atoms with van der Waals surface area (Å²) in [5, 5.41) is 5.63. The summed E-state index contributed by atoms with van der Waals surface area (Å²) in [6, 6.07) is 13.5. The molecule has 3 rings (SSSR count). The number of thioether (sulfide) groups is 2. The van der Waals surface area contributed by atoms with Crippen LogP contribution >= 0.6 is 23.5 Å². The fourth-order valence-corrected chi connectivity index (χ4v) is 4.73. The lowest BCUT2D eigenvalue weighted by Crippen LogP contribution is -2.38. The van der Waals surface area contributed by atoms with E-state index in [1.165, 1.54) is 12.1 Å². The van der Waals surface area contributed by atoms with Crippen molar-refractivity contribution in [3.8, 4) is 0 Å². The first-order valence-corrected chi connectivity index (χ1v) is 12.1. The van der Waals surface area contributed by atoms with E-state index >= 15 is 0 Å². The third kappa shape index (κ3) is 7.57. The Labute approximate surface area is 185 Å². The maximum Gasteiger partial charge on any atom is 0.319 e. The number of benzene rings is 2. The molecule has 0 bridgehead atoms. The van der Waals surface area contributed by atoms with Crippen molar-refractivity contribution in [1.29, 1.82) is 0 Å². The molecule has 1 aliphatic rings. The minimum absolute atomic E-state index is 0.159. The predicted octanol–water partition coefficient (Wildman–Crippen LogP) is 4.25. The molecule has 0 aromatic heterocycles. The number of nitrogens with zero attached hydrogens (tertiary/aromatic N) is 1. The molecule has 2 N–H and O–H groups in total.